The molecule has 2 aliphatic rings. The molecule has 0 spiro atoms. The van der Waals surface area contributed by atoms with E-state index in [1.165, 1.54) is 6.42 Å². The summed E-state index contributed by atoms with van der Waals surface area (Å²) >= 11 is 0. The molecule has 1 aliphatic heterocycles. The monoisotopic (exact) mass is 296 g/mol. The highest BCUT2D eigenvalue weighted by Gasteiger charge is 2.44. The number of nitrogens with two attached hydrogens (primary N) is 1. The molecule has 0 aromatic carbocycles. The van der Waals surface area contributed by atoms with E-state index in [4.69, 9.17) is 5.73 Å². The second-order valence-corrected chi connectivity index (χ2v) is 7.19. The van der Waals surface area contributed by atoms with Crippen molar-refractivity contribution in [2.45, 2.75) is 57.2 Å². The third kappa shape index (κ3) is 3.41. The normalized spacial score (nSPS) is 38.0. The molecule has 2 fully saturated rings. The van der Waals surface area contributed by atoms with E-state index in [0.29, 0.717) is 18.0 Å². The number of nitrogens with one attached hydrogen (secondary N) is 1. The molecule has 4 unspecified atom stereocenters. The molecule has 122 valence electrons. The van der Waals surface area contributed by atoms with Gasteiger partial charge in [-0.05, 0) is 52.2 Å². The van der Waals surface area contributed by atoms with Crippen molar-refractivity contribution in [2.75, 3.05) is 33.7 Å². The number of hydrogen-bond donors (Lipinski definition) is 2. The molecular formula is C16H32N4O. The van der Waals surface area contributed by atoms with Gasteiger partial charge in [0.2, 0.25) is 5.91 Å². The van der Waals surface area contributed by atoms with Crippen LogP contribution in [0.5, 0.6) is 0 Å². The summed E-state index contributed by atoms with van der Waals surface area (Å²) in [6.07, 6.45) is 4.02. The van der Waals surface area contributed by atoms with Crippen molar-refractivity contribution in [3.8, 4) is 0 Å². The predicted octanol–water partition coefficient (Wildman–Crippen LogP) is 0.645. The molecule has 0 aromatic rings. The van der Waals surface area contributed by atoms with E-state index in [1.54, 1.807) is 0 Å². The molecule has 1 saturated heterocycles. The number of hydrogen-bond acceptors (Lipinski definition) is 4. The van der Waals surface area contributed by atoms with Gasteiger partial charge in [0, 0.05) is 25.2 Å². The summed E-state index contributed by atoms with van der Waals surface area (Å²) in [4.78, 5) is 16.9. The van der Waals surface area contributed by atoms with Gasteiger partial charge < -0.3 is 16.0 Å². The number of carbonyl (C=O) groups is 1. The van der Waals surface area contributed by atoms with Gasteiger partial charge >= 0.3 is 0 Å². The minimum Gasteiger partial charge on any atom is -0.368 e. The third-order valence-corrected chi connectivity index (χ3v) is 5.49. The fourth-order valence-electron chi connectivity index (χ4n) is 4.32. The molecule has 3 N–H and O–H groups in total. The topological polar surface area (TPSA) is 61.6 Å². The molecular weight excluding hydrogens is 264 g/mol. The van der Waals surface area contributed by atoms with Crippen LogP contribution < -0.4 is 11.1 Å². The summed E-state index contributed by atoms with van der Waals surface area (Å²) in [5, 5.41) is 3.38. The van der Waals surface area contributed by atoms with Gasteiger partial charge in [-0.1, -0.05) is 13.8 Å². The highest BCUT2D eigenvalue weighted by molar-refractivity contribution is 5.84. The van der Waals surface area contributed by atoms with Crippen LogP contribution in [0.3, 0.4) is 0 Å². The van der Waals surface area contributed by atoms with Crippen LogP contribution in [-0.2, 0) is 4.79 Å². The zero-order chi connectivity index (χ0) is 15.6. The Bertz CT molecular complexity index is 369. The Morgan fingerprint density at radius 2 is 2.14 bits per heavy atom. The van der Waals surface area contributed by atoms with Gasteiger partial charge in [0.1, 0.15) is 0 Å². The van der Waals surface area contributed by atoms with Gasteiger partial charge in [-0.15, -0.1) is 0 Å². The lowest BCUT2D eigenvalue weighted by molar-refractivity contribution is -0.126. The molecule has 4 atom stereocenters. The van der Waals surface area contributed by atoms with E-state index in [9.17, 15) is 4.79 Å². The van der Waals surface area contributed by atoms with Crippen molar-refractivity contribution in [2.24, 2.45) is 11.7 Å². The zero-order valence-corrected chi connectivity index (χ0v) is 14.1. The highest BCUT2D eigenvalue weighted by atomic mass is 16.1. The number of likely N-dealkylation sites (tertiary alicyclic amines) is 1. The number of likely N-dealkylation sites (N-methyl/N-ethyl adjacent to an activating group) is 2. The lowest BCUT2D eigenvalue weighted by Crippen LogP contribution is -2.60. The van der Waals surface area contributed by atoms with Crippen molar-refractivity contribution in [3.05, 3.63) is 0 Å². The Balaban J connectivity index is 2.06. The van der Waals surface area contributed by atoms with Crippen LogP contribution in [0.15, 0.2) is 0 Å². The fourth-order valence-corrected chi connectivity index (χ4v) is 4.32. The van der Waals surface area contributed by atoms with Gasteiger partial charge in [0.05, 0.1) is 5.54 Å². The summed E-state index contributed by atoms with van der Waals surface area (Å²) in [6.45, 7) is 7.42. The molecule has 5 heteroatoms. The quantitative estimate of drug-likeness (QED) is 0.782. The molecule has 5 nitrogen and oxygen atoms in total. The Labute approximate surface area is 129 Å². The predicted molar refractivity (Wildman–Crippen MR) is 86.1 cm³/mol. The zero-order valence-electron chi connectivity index (χ0n) is 14.1. The highest BCUT2D eigenvalue weighted by Crippen LogP contribution is 2.34. The van der Waals surface area contributed by atoms with Gasteiger partial charge in [0.25, 0.3) is 0 Å². The van der Waals surface area contributed by atoms with E-state index in [-0.39, 0.29) is 5.91 Å². The second kappa shape index (κ2) is 6.63. The van der Waals surface area contributed by atoms with Crippen LogP contribution in [-0.4, -0.2) is 67.1 Å². The van der Waals surface area contributed by atoms with E-state index in [0.717, 1.165) is 38.9 Å². The summed E-state index contributed by atoms with van der Waals surface area (Å²) in [7, 11) is 4.33. The van der Waals surface area contributed by atoms with Crippen molar-refractivity contribution in [3.63, 3.8) is 0 Å². The first kappa shape index (κ1) is 16.7. The van der Waals surface area contributed by atoms with E-state index < -0.39 is 5.54 Å². The van der Waals surface area contributed by atoms with E-state index in [2.05, 4.69) is 36.1 Å². The summed E-state index contributed by atoms with van der Waals surface area (Å²) in [5.41, 5.74) is 5.23. The van der Waals surface area contributed by atoms with Crippen LogP contribution in [0.2, 0.25) is 0 Å². The van der Waals surface area contributed by atoms with Gasteiger partial charge in [-0.2, -0.15) is 0 Å². The average molecular weight is 296 g/mol. The number of amides is 1. The summed E-state index contributed by atoms with van der Waals surface area (Å²) < 4.78 is 0. The van der Waals surface area contributed by atoms with Gasteiger partial charge in [0.15, 0.2) is 0 Å². The Hall–Kier alpha value is -0.650. The van der Waals surface area contributed by atoms with Crippen molar-refractivity contribution in [1.82, 2.24) is 15.1 Å². The largest absolute Gasteiger partial charge is 0.368 e. The smallest absolute Gasteiger partial charge is 0.237 e. The minimum atomic E-state index is -0.489. The second-order valence-electron chi connectivity index (χ2n) is 7.19. The van der Waals surface area contributed by atoms with Crippen LogP contribution in [0.4, 0.5) is 0 Å². The average Bonchev–Trinajstić information content (AvgIpc) is 2.81. The molecule has 0 radical (unpaired) electrons. The van der Waals surface area contributed by atoms with Gasteiger partial charge in [-0.3, -0.25) is 9.69 Å². The fraction of sp³-hybridized carbons (Fsp3) is 0.938. The maximum Gasteiger partial charge on any atom is 0.237 e. The van der Waals surface area contributed by atoms with Crippen molar-refractivity contribution >= 4 is 5.91 Å². The minimum absolute atomic E-state index is 0.176. The first-order valence-corrected chi connectivity index (χ1v) is 8.35. The Morgan fingerprint density at radius 3 is 2.67 bits per heavy atom. The molecule has 1 amide bonds. The van der Waals surface area contributed by atoms with E-state index >= 15 is 0 Å². The van der Waals surface area contributed by atoms with Gasteiger partial charge in [-0.25, -0.2) is 0 Å². The lowest BCUT2D eigenvalue weighted by atomic mass is 9.77. The maximum atomic E-state index is 12.0. The summed E-state index contributed by atoms with van der Waals surface area (Å²) in [5.74, 6) is 0.509. The summed E-state index contributed by atoms with van der Waals surface area (Å²) in [6, 6.07) is 1.10. The molecule has 0 aromatic heterocycles. The Morgan fingerprint density at radius 1 is 1.43 bits per heavy atom. The first-order valence-electron chi connectivity index (χ1n) is 8.35. The molecule has 1 aliphatic carbocycles. The number of rotatable bonds is 5. The SMILES string of the molecule is CCNC1(C(N)=O)CCCC(N2CC(C)C(N(C)C)C2)C1. The van der Waals surface area contributed by atoms with Crippen LogP contribution in [0.25, 0.3) is 0 Å². The number of primary amides is 1. The van der Waals surface area contributed by atoms with Crippen molar-refractivity contribution < 1.29 is 4.79 Å². The molecule has 0 bridgehead atoms. The molecule has 1 saturated carbocycles. The third-order valence-electron chi connectivity index (χ3n) is 5.49. The van der Waals surface area contributed by atoms with Crippen LogP contribution in [0.1, 0.15) is 39.5 Å². The first-order chi connectivity index (χ1) is 9.89. The molecule has 21 heavy (non-hydrogen) atoms. The molecule has 2 rings (SSSR count). The van der Waals surface area contributed by atoms with Crippen LogP contribution in [0, 0.1) is 5.92 Å². The maximum absolute atomic E-state index is 12.0. The standard InChI is InChI=1S/C16H32N4O/c1-5-18-16(15(17)21)8-6-7-13(9-16)20-10-12(2)14(11-20)19(3)4/h12-14,18H,5-11H2,1-4H3,(H2,17,21). The Kier molecular flexibility index (Phi) is 5.28. The van der Waals surface area contributed by atoms with Crippen molar-refractivity contribution in [1.29, 1.82) is 0 Å². The molecule has 1 heterocycles. The number of carbonyl (C=O) groups excluding carboxylic acids is 1. The van der Waals surface area contributed by atoms with E-state index in [1.807, 2.05) is 6.92 Å². The van der Waals surface area contributed by atoms with Crippen LogP contribution >= 0.6 is 0 Å². The number of nitrogens with zero attached hydrogens (tertiary/aromatic N) is 2. The lowest BCUT2D eigenvalue weighted by Gasteiger charge is -2.42.